The monoisotopic (exact) mass is 205 g/mol. The Morgan fingerprint density at radius 1 is 1.47 bits per heavy atom. The van der Waals surface area contributed by atoms with E-state index in [1.54, 1.807) is 13.1 Å². The Hall–Kier alpha value is -1.81. The van der Waals surface area contributed by atoms with Gasteiger partial charge in [-0.1, -0.05) is 18.2 Å². The molecular formula is C11H11NO3. The molecule has 0 aliphatic rings. The average molecular weight is 205 g/mol. The zero-order valence-electron chi connectivity index (χ0n) is 8.28. The minimum absolute atomic E-state index is 0.0190. The van der Waals surface area contributed by atoms with Crippen LogP contribution in [0, 0.1) is 0 Å². The van der Waals surface area contributed by atoms with Gasteiger partial charge in [0.1, 0.15) is 5.58 Å². The molecule has 0 saturated carbocycles. The number of carboxylic acids is 1. The standard InChI is InChI=1S/C11H11NO3/c1-12-6-8-7-4-2-3-5-9(7)15-10(8)11(13)14/h2-5,12H,6H2,1H3,(H,13,14). The lowest BCUT2D eigenvalue weighted by molar-refractivity contribution is 0.0663. The van der Waals surface area contributed by atoms with Gasteiger partial charge in [0.25, 0.3) is 0 Å². The van der Waals surface area contributed by atoms with Crippen molar-refractivity contribution in [1.82, 2.24) is 5.32 Å². The molecule has 0 unspecified atom stereocenters. The minimum atomic E-state index is -1.03. The molecule has 78 valence electrons. The van der Waals surface area contributed by atoms with Crippen LogP contribution in [-0.2, 0) is 6.54 Å². The van der Waals surface area contributed by atoms with Gasteiger partial charge in [0.15, 0.2) is 0 Å². The Kier molecular flexibility index (Phi) is 2.43. The zero-order chi connectivity index (χ0) is 10.8. The number of rotatable bonds is 3. The highest BCUT2D eigenvalue weighted by molar-refractivity contribution is 5.95. The third-order valence-corrected chi connectivity index (χ3v) is 2.25. The van der Waals surface area contributed by atoms with Gasteiger partial charge in [0, 0.05) is 17.5 Å². The van der Waals surface area contributed by atoms with Crippen LogP contribution >= 0.6 is 0 Å². The van der Waals surface area contributed by atoms with Crippen molar-refractivity contribution in [1.29, 1.82) is 0 Å². The molecule has 1 heterocycles. The summed E-state index contributed by atoms with van der Waals surface area (Å²) in [4.78, 5) is 10.9. The van der Waals surface area contributed by atoms with Crippen LogP contribution in [0.25, 0.3) is 11.0 Å². The fourth-order valence-corrected chi connectivity index (χ4v) is 1.62. The molecule has 2 N–H and O–H groups in total. The summed E-state index contributed by atoms with van der Waals surface area (Å²) < 4.78 is 5.27. The molecule has 0 fully saturated rings. The molecule has 2 aromatic rings. The largest absolute Gasteiger partial charge is 0.475 e. The van der Waals surface area contributed by atoms with Crippen LogP contribution in [0.1, 0.15) is 16.1 Å². The van der Waals surface area contributed by atoms with E-state index in [0.29, 0.717) is 17.7 Å². The van der Waals surface area contributed by atoms with Gasteiger partial charge < -0.3 is 14.8 Å². The van der Waals surface area contributed by atoms with E-state index in [9.17, 15) is 4.79 Å². The zero-order valence-corrected chi connectivity index (χ0v) is 8.28. The second-order valence-electron chi connectivity index (χ2n) is 3.24. The second-order valence-corrected chi connectivity index (χ2v) is 3.24. The SMILES string of the molecule is CNCc1c(C(=O)O)oc2ccccc12. The first-order valence-electron chi connectivity index (χ1n) is 4.62. The molecule has 4 heteroatoms. The van der Waals surface area contributed by atoms with Gasteiger partial charge in [-0.15, -0.1) is 0 Å². The molecular weight excluding hydrogens is 194 g/mol. The predicted molar refractivity (Wildman–Crippen MR) is 55.9 cm³/mol. The summed E-state index contributed by atoms with van der Waals surface area (Å²) in [6, 6.07) is 7.31. The van der Waals surface area contributed by atoms with Crippen molar-refractivity contribution < 1.29 is 14.3 Å². The number of furan rings is 1. The van der Waals surface area contributed by atoms with Crippen LogP contribution in [-0.4, -0.2) is 18.1 Å². The molecule has 0 amide bonds. The molecule has 0 spiro atoms. The maximum Gasteiger partial charge on any atom is 0.372 e. The molecule has 1 aromatic carbocycles. The van der Waals surface area contributed by atoms with Crippen molar-refractivity contribution in [3.63, 3.8) is 0 Å². The molecule has 0 bridgehead atoms. The minimum Gasteiger partial charge on any atom is -0.475 e. The van der Waals surface area contributed by atoms with Gasteiger partial charge in [-0.3, -0.25) is 0 Å². The molecule has 0 atom stereocenters. The highest BCUT2D eigenvalue weighted by atomic mass is 16.4. The summed E-state index contributed by atoms with van der Waals surface area (Å²) in [5, 5.41) is 12.8. The number of aromatic carboxylic acids is 1. The van der Waals surface area contributed by atoms with Gasteiger partial charge in [-0.25, -0.2) is 4.79 Å². The lowest BCUT2D eigenvalue weighted by atomic mass is 10.1. The van der Waals surface area contributed by atoms with Gasteiger partial charge in [-0.05, 0) is 13.1 Å². The quantitative estimate of drug-likeness (QED) is 0.802. The van der Waals surface area contributed by atoms with Crippen molar-refractivity contribution in [2.75, 3.05) is 7.05 Å². The summed E-state index contributed by atoms with van der Waals surface area (Å²) >= 11 is 0. The van der Waals surface area contributed by atoms with Gasteiger partial charge >= 0.3 is 5.97 Å². The average Bonchev–Trinajstić information content (AvgIpc) is 2.58. The molecule has 15 heavy (non-hydrogen) atoms. The number of carboxylic acid groups (broad SMARTS) is 1. The molecule has 1 aromatic heterocycles. The van der Waals surface area contributed by atoms with E-state index < -0.39 is 5.97 Å². The Balaban J connectivity index is 2.68. The van der Waals surface area contributed by atoms with E-state index in [4.69, 9.17) is 9.52 Å². The van der Waals surface area contributed by atoms with Crippen LogP contribution in [0.4, 0.5) is 0 Å². The van der Waals surface area contributed by atoms with Crippen LogP contribution < -0.4 is 5.32 Å². The third-order valence-electron chi connectivity index (χ3n) is 2.25. The topological polar surface area (TPSA) is 62.5 Å². The van der Waals surface area contributed by atoms with E-state index >= 15 is 0 Å². The molecule has 0 aliphatic heterocycles. The van der Waals surface area contributed by atoms with Crippen molar-refractivity contribution in [2.45, 2.75) is 6.54 Å². The maximum atomic E-state index is 10.9. The number of benzene rings is 1. The first-order chi connectivity index (χ1) is 7.24. The molecule has 4 nitrogen and oxygen atoms in total. The van der Waals surface area contributed by atoms with E-state index in [2.05, 4.69) is 5.32 Å². The Bertz CT molecular complexity index is 502. The summed E-state index contributed by atoms with van der Waals surface area (Å²) in [6.45, 7) is 0.485. The Labute approximate surface area is 86.5 Å². The fraction of sp³-hybridized carbons (Fsp3) is 0.182. The normalized spacial score (nSPS) is 10.7. The molecule has 2 rings (SSSR count). The number of hydrogen-bond acceptors (Lipinski definition) is 3. The molecule has 0 saturated heterocycles. The second kappa shape index (κ2) is 3.74. The Morgan fingerprint density at radius 2 is 2.20 bits per heavy atom. The highest BCUT2D eigenvalue weighted by Gasteiger charge is 2.18. The number of hydrogen-bond donors (Lipinski definition) is 2. The Morgan fingerprint density at radius 3 is 2.87 bits per heavy atom. The number of nitrogens with one attached hydrogen (secondary N) is 1. The number of fused-ring (bicyclic) bond motifs is 1. The maximum absolute atomic E-state index is 10.9. The highest BCUT2D eigenvalue weighted by Crippen LogP contribution is 2.25. The van der Waals surface area contributed by atoms with Gasteiger partial charge in [0.05, 0.1) is 0 Å². The summed E-state index contributed by atoms with van der Waals surface area (Å²) in [5.41, 5.74) is 1.31. The van der Waals surface area contributed by atoms with Crippen LogP contribution in [0.5, 0.6) is 0 Å². The van der Waals surface area contributed by atoms with E-state index in [1.165, 1.54) is 0 Å². The number of carbonyl (C=O) groups is 1. The summed E-state index contributed by atoms with van der Waals surface area (Å²) in [7, 11) is 1.77. The van der Waals surface area contributed by atoms with E-state index in [1.807, 2.05) is 18.2 Å². The number of para-hydroxylation sites is 1. The van der Waals surface area contributed by atoms with Gasteiger partial charge in [0.2, 0.25) is 5.76 Å². The van der Waals surface area contributed by atoms with Crippen molar-refractivity contribution in [3.8, 4) is 0 Å². The summed E-state index contributed by atoms with van der Waals surface area (Å²) in [6.07, 6.45) is 0. The summed E-state index contributed by atoms with van der Waals surface area (Å²) in [5.74, 6) is -1.01. The van der Waals surface area contributed by atoms with Crippen LogP contribution in [0.15, 0.2) is 28.7 Å². The van der Waals surface area contributed by atoms with Crippen LogP contribution in [0.2, 0.25) is 0 Å². The molecule has 0 radical (unpaired) electrons. The van der Waals surface area contributed by atoms with Gasteiger partial charge in [-0.2, -0.15) is 0 Å². The predicted octanol–water partition coefficient (Wildman–Crippen LogP) is 1.85. The first-order valence-corrected chi connectivity index (χ1v) is 4.62. The van der Waals surface area contributed by atoms with Crippen molar-refractivity contribution >= 4 is 16.9 Å². The smallest absolute Gasteiger partial charge is 0.372 e. The lowest BCUT2D eigenvalue weighted by Gasteiger charge is -1.97. The van der Waals surface area contributed by atoms with Crippen molar-refractivity contribution in [3.05, 3.63) is 35.6 Å². The van der Waals surface area contributed by atoms with Crippen LogP contribution in [0.3, 0.4) is 0 Å². The van der Waals surface area contributed by atoms with Crippen molar-refractivity contribution in [2.24, 2.45) is 0 Å². The first kappa shape index (κ1) is 9.73. The lowest BCUT2D eigenvalue weighted by Crippen LogP contribution is -2.08. The fourth-order valence-electron chi connectivity index (χ4n) is 1.62. The van der Waals surface area contributed by atoms with E-state index in [-0.39, 0.29) is 5.76 Å². The molecule has 0 aliphatic carbocycles. The van der Waals surface area contributed by atoms with E-state index in [0.717, 1.165) is 5.39 Å². The third kappa shape index (κ3) is 1.59.